The maximum Gasteiger partial charge on any atom is 0.0461 e. The van der Waals surface area contributed by atoms with E-state index in [-0.39, 0.29) is 0 Å². The zero-order chi connectivity index (χ0) is 17.4. The molecule has 0 spiro atoms. The van der Waals surface area contributed by atoms with Crippen molar-refractivity contribution < 1.29 is 0 Å². The molecule has 2 aliphatic rings. The third-order valence-electron chi connectivity index (χ3n) is 6.59. The van der Waals surface area contributed by atoms with Gasteiger partial charge in [0.1, 0.15) is 0 Å². The van der Waals surface area contributed by atoms with Crippen LogP contribution in [0.1, 0.15) is 75.5 Å². The Morgan fingerprint density at radius 3 is 2.64 bits per heavy atom. The molecule has 4 rings (SSSR count). The van der Waals surface area contributed by atoms with Crippen LogP contribution in [-0.2, 0) is 0 Å². The first-order valence-corrected chi connectivity index (χ1v) is 10.1. The predicted octanol–water partition coefficient (Wildman–Crippen LogP) is 6.10. The van der Waals surface area contributed by atoms with E-state index in [0.717, 1.165) is 5.92 Å². The standard InChI is InChI=1S/C23H32N2/c1-4-5-14-23(25(2)3)15-12-18(13-16-23)22-21(17-10-11-17)19-8-6-7-9-20(19)24-22/h6-9,12,17,24H,4-5,10-11,13-16H2,1-3H3. The summed E-state index contributed by atoms with van der Waals surface area (Å²) in [4.78, 5) is 6.26. The maximum atomic E-state index is 3.77. The van der Waals surface area contributed by atoms with Gasteiger partial charge in [0.05, 0.1) is 0 Å². The van der Waals surface area contributed by atoms with Crippen LogP contribution in [0.3, 0.4) is 0 Å². The van der Waals surface area contributed by atoms with Crippen molar-refractivity contribution in [3.8, 4) is 0 Å². The first-order valence-electron chi connectivity index (χ1n) is 10.1. The number of unbranched alkanes of at least 4 members (excludes halogenated alkanes) is 1. The molecule has 2 heteroatoms. The normalized spacial score (nSPS) is 24.1. The fourth-order valence-corrected chi connectivity index (χ4v) is 4.69. The van der Waals surface area contributed by atoms with Crippen molar-refractivity contribution in [3.05, 3.63) is 41.6 Å². The summed E-state index contributed by atoms with van der Waals surface area (Å²) in [6, 6.07) is 8.87. The summed E-state index contributed by atoms with van der Waals surface area (Å²) in [5.74, 6) is 0.785. The zero-order valence-corrected chi connectivity index (χ0v) is 16.1. The van der Waals surface area contributed by atoms with Crippen molar-refractivity contribution in [2.75, 3.05) is 14.1 Å². The minimum absolute atomic E-state index is 0.366. The number of hydrogen-bond acceptors (Lipinski definition) is 1. The molecule has 0 aliphatic heterocycles. The summed E-state index contributed by atoms with van der Waals surface area (Å²) in [7, 11) is 4.54. The summed E-state index contributed by atoms with van der Waals surface area (Å²) in [6.45, 7) is 2.31. The number of aromatic amines is 1. The molecular weight excluding hydrogens is 304 g/mol. The van der Waals surface area contributed by atoms with Crippen molar-refractivity contribution >= 4 is 16.5 Å². The fourth-order valence-electron chi connectivity index (χ4n) is 4.69. The van der Waals surface area contributed by atoms with Gasteiger partial charge in [-0.15, -0.1) is 0 Å². The van der Waals surface area contributed by atoms with Crippen molar-refractivity contribution in [2.24, 2.45) is 0 Å². The summed E-state index contributed by atoms with van der Waals surface area (Å²) < 4.78 is 0. The van der Waals surface area contributed by atoms with Crippen LogP contribution in [0.15, 0.2) is 30.3 Å². The van der Waals surface area contributed by atoms with Gasteiger partial charge in [0.15, 0.2) is 0 Å². The molecule has 1 heterocycles. The molecular formula is C23H32N2. The highest BCUT2D eigenvalue weighted by atomic mass is 15.1. The van der Waals surface area contributed by atoms with Crippen molar-refractivity contribution in [2.45, 2.75) is 69.7 Å². The van der Waals surface area contributed by atoms with Gasteiger partial charge in [-0.2, -0.15) is 0 Å². The highest BCUT2D eigenvalue weighted by Crippen LogP contribution is 2.48. The topological polar surface area (TPSA) is 19.0 Å². The molecule has 1 saturated carbocycles. The first kappa shape index (κ1) is 16.9. The molecule has 1 unspecified atom stereocenters. The quantitative estimate of drug-likeness (QED) is 0.675. The number of benzene rings is 1. The number of nitrogens with zero attached hydrogens (tertiary/aromatic N) is 1. The molecule has 1 fully saturated rings. The van der Waals surface area contributed by atoms with Crippen molar-refractivity contribution in [3.63, 3.8) is 0 Å². The first-order chi connectivity index (χ1) is 12.1. The lowest BCUT2D eigenvalue weighted by atomic mass is 9.77. The van der Waals surface area contributed by atoms with Gasteiger partial charge in [-0.3, -0.25) is 0 Å². The van der Waals surface area contributed by atoms with Crippen LogP contribution in [-0.4, -0.2) is 29.5 Å². The number of H-pyrrole nitrogens is 1. The molecule has 1 aromatic heterocycles. The summed E-state index contributed by atoms with van der Waals surface area (Å²) in [5, 5.41) is 1.45. The van der Waals surface area contributed by atoms with Gasteiger partial charge in [-0.1, -0.05) is 44.0 Å². The lowest BCUT2D eigenvalue weighted by Crippen LogP contribution is -2.45. The Labute approximate surface area is 152 Å². The van der Waals surface area contributed by atoms with Gasteiger partial charge in [0.25, 0.3) is 0 Å². The van der Waals surface area contributed by atoms with Crippen LogP contribution in [0.5, 0.6) is 0 Å². The predicted molar refractivity (Wildman–Crippen MR) is 108 cm³/mol. The molecule has 25 heavy (non-hydrogen) atoms. The van der Waals surface area contributed by atoms with Gasteiger partial charge >= 0.3 is 0 Å². The maximum absolute atomic E-state index is 3.77. The van der Waals surface area contributed by atoms with Gasteiger partial charge in [0.2, 0.25) is 0 Å². The molecule has 1 N–H and O–H groups in total. The van der Waals surface area contributed by atoms with E-state index < -0.39 is 0 Å². The number of nitrogens with one attached hydrogen (secondary N) is 1. The molecule has 0 radical (unpaired) electrons. The minimum atomic E-state index is 0.366. The second kappa shape index (κ2) is 6.64. The minimum Gasteiger partial charge on any atom is -0.355 e. The van der Waals surface area contributed by atoms with Crippen LogP contribution in [0.4, 0.5) is 0 Å². The van der Waals surface area contributed by atoms with E-state index in [4.69, 9.17) is 0 Å². The summed E-state index contributed by atoms with van der Waals surface area (Å²) in [6.07, 6.45) is 12.9. The number of fused-ring (bicyclic) bond motifs is 1. The Morgan fingerprint density at radius 1 is 1.20 bits per heavy atom. The largest absolute Gasteiger partial charge is 0.355 e. The zero-order valence-electron chi connectivity index (χ0n) is 16.1. The van der Waals surface area contributed by atoms with Gasteiger partial charge in [-0.25, -0.2) is 0 Å². The highest BCUT2D eigenvalue weighted by molar-refractivity contribution is 5.90. The Morgan fingerprint density at radius 2 is 2.00 bits per heavy atom. The second-order valence-corrected chi connectivity index (χ2v) is 8.39. The molecule has 0 bridgehead atoms. The van der Waals surface area contributed by atoms with Gasteiger partial charge in [0, 0.05) is 22.1 Å². The monoisotopic (exact) mass is 336 g/mol. The van der Waals surface area contributed by atoms with Crippen LogP contribution >= 0.6 is 0 Å². The summed E-state index contributed by atoms with van der Waals surface area (Å²) in [5.41, 5.74) is 6.30. The second-order valence-electron chi connectivity index (χ2n) is 8.39. The Bertz CT molecular complexity index is 778. The van der Waals surface area contributed by atoms with E-state index in [2.05, 4.69) is 61.2 Å². The Balaban J connectivity index is 1.67. The van der Waals surface area contributed by atoms with E-state index in [0.29, 0.717) is 5.54 Å². The molecule has 0 amide bonds. The molecule has 134 valence electrons. The van der Waals surface area contributed by atoms with Crippen LogP contribution in [0.2, 0.25) is 0 Å². The van der Waals surface area contributed by atoms with E-state index in [1.165, 1.54) is 68.0 Å². The van der Waals surface area contributed by atoms with Crippen molar-refractivity contribution in [1.82, 2.24) is 9.88 Å². The average molecular weight is 337 g/mol. The van der Waals surface area contributed by atoms with Crippen molar-refractivity contribution in [1.29, 1.82) is 0 Å². The number of allylic oxidation sites excluding steroid dienone is 1. The van der Waals surface area contributed by atoms with Crippen LogP contribution in [0, 0.1) is 0 Å². The summed E-state index contributed by atoms with van der Waals surface area (Å²) >= 11 is 0. The Kier molecular flexibility index (Phi) is 4.49. The van der Waals surface area contributed by atoms with Gasteiger partial charge < -0.3 is 9.88 Å². The molecule has 2 aliphatic carbocycles. The number of aromatic nitrogens is 1. The highest BCUT2D eigenvalue weighted by Gasteiger charge is 2.36. The van der Waals surface area contributed by atoms with Gasteiger partial charge in [-0.05, 0) is 75.7 Å². The van der Waals surface area contributed by atoms with E-state index >= 15 is 0 Å². The van der Waals surface area contributed by atoms with E-state index in [1.807, 2.05) is 0 Å². The molecule has 2 aromatic rings. The molecule has 0 saturated heterocycles. The molecule has 2 nitrogen and oxygen atoms in total. The number of hydrogen-bond donors (Lipinski definition) is 1. The molecule has 1 aromatic carbocycles. The Hall–Kier alpha value is -1.54. The SMILES string of the molecule is CCCCC1(N(C)C)CC=C(c2[nH]c3ccccc3c2C2CC2)CC1. The average Bonchev–Trinajstić information content (AvgIpc) is 3.40. The van der Waals surface area contributed by atoms with Crippen LogP contribution in [0.25, 0.3) is 16.5 Å². The van der Waals surface area contributed by atoms with E-state index in [1.54, 1.807) is 11.1 Å². The van der Waals surface area contributed by atoms with Crippen LogP contribution < -0.4 is 0 Å². The number of rotatable bonds is 6. The van der Waals surface area contributed by atoms with E-state index in [9.17, 15) is 0 Å². The number of para-hydroxylation sites is 1. The fraction of sp³-hybridized carbons (Fsp3) is 0.565. The smallest absolute Gasteiger partial charge is 0.0461 e. The third-order valence-corrected chi connectivity index (χ3v) is 6.59. The lowest BCUT2D eigenvalue weighted by Gasteiger charge is -2.42. The molecule has 1 atom stereocenters. The lowest BCUT2D eigenvalue weighted by molar-refractivity contribution is 0.124. The third kappa shape index (κ3) is 3.06.